The zero-order valence-corrected chi connectivity index (χ0v) is 12.6. The molecule has 1 aliphatic heterocycles. The van der Waals surface area contributed by atoms with E-state index < -0.39 is 0 Å². The number of aromatic nitrogens is 1. The number of likely N-dealkylation sites (tertiary alicyclic amines) is 1. The van der Waals surface area contributed by atoms with E-state index in [1.54, 1.807) is 4.90 Å². The van der Waals surface area contributed by atoms with Crippen molar-refractivity contribution < 1.29 is 14.3 Å². The molecule has 2 heterocycles. The molecule has 1 aromatic heterocycles. The number of esters is 1. The first-order valence-corrected chi connectivity index (χ1v) is 7.33. The Hall–Kier alpha value is -1.98. The van der Waals surface area contributed by atoms with Crippen molar-refractivity contribution in [3.05, 3.63) is 24.5 Å². The zero-order valence-electron chi connectivity index (χ0n) is 12.6. The molecule has 1 fully saturated rings. The molecule has 2 amide bonds. The average Bonchev–Trinajstić information content (AvgIpc) is 2.99. The minimum Gasteiger partial charge on any atom is -0.469 e. The largest absolute Gasteiger partial charge is 0.469 e. The van der Waals surface area contributed by atoms with E-state index in [4.69, 9.17) is 4.74 Å². The molecular weight excluding hydrogens is 270 g/mol. The normalized spacial score (nSPS) is 21.9. The highest BCUT2D eigenvalue weighted by Crippen LogP contribution is 2.24. The van der Waals surface area contributed by atoms with Crippen LogP contribution in [0.4, 0.5) is 4.79 Å². The number of nitrogens with zero attached hydrogens (tertiary/aromatic N) is 2. The minimum atomic E-state index is -0.171. The molecule has 1 N–H and O–H groups in total. The van der Waals surface area contributed by atoms with Crippen LogP contribution in [0.15, 0.2) is 24.5 Å². The second kappa shape index (κ2) is 7.15. The third-order valence-corrected chi connectivity index (χ3v) is 4.01. The molecule has 1 saturated heterocycles. The molecular formula is C15H23N3O3. The molecule has 21 heavy (non-hydrogen) atoms. The maximum atomic E-state index is 12.1. The van der Waals surface area contributed by atoms with Gasteiger partial charge in [-0.3, -0.25) is 4.79 Å². The summed E-state index contributed by atoms with van der Waals surface area (Å²) < 4.78 is 6.82. The third kappa shape index (κ3) is 4.00. The van der Waals surface area contributed by atoms with Crippen LogP contribution in [0.25, 0.3) is 0 Å². The van der Waals surface area contributed by atoms with Crippen molar-refractivity contribution >= 4 is 12.0 Å². The fraction of sp³-hybridized carbons (Fsp3) is 0.600. The Labute approximate surface area is 125 Å². The highest BCUT2D eigenvalue weighted by Gasteiger charge is 2.33. The fourth-order valence-corrected chi connectivity index (χ4v) is 2.75. The molecule has 0 spiro atoms. The van der Waals surface area contributed by atoms with E-state index in [2.05, 4.69) is 5.32 Å². The first-order chi connectivity index (χ1) is 10.1. The van der Waals surface area contributed by atoms with Gasteiger partial charge in [0.25, 0.3) is 0 Å². The van der Waals surface area contributed by atoms with E-state index in [9.17, 15) is 9.59 Å². The summed E-state index contributed by atoms with van der Waals surface area (Å²) in [6.07, 6.45) is 4.60. The van der Waals surface area contributed by atoms with Crippen LogP contribution in [0, 0.1) is 11.8 Å². The molecule has 2 rings (SSSR count). The van der Waals surface area contributed by atoms with Gasteiger partial charge in [-0.2, -0.15) is 0 Å². The van der Waals surface area contributed by atoms with Gasteiger partial charge in [0, 0.05) is 38.6 Å². The number of ether oxygens (including phenoxy) is 1. The maximum absolute atomic E-state index is 12.1. The Kier molecular flexibility index (Phi) is 5.25. The van der Waals surface area contributed by atoms with Crippen LogP contribution in [0.5, 0.6) is 0 Å². The van der Waals surface area contributed by atoms with Gasteiger partial charge >= 0.3 is 12.0 Å². The summed E-state index contributed by atoms with van der Waals surface area (Å²) >= 11 is 0. The van der Waals surface area contributed by atoms with E-state index in [1.807, 2.05) is 36.0 Å². The summed E-state index contributed by atoms with van der Waals surface area (Å²) in [6.45, 7) is 4.53. The molecule has 0 aliphatic carbocycles. The summed E-state index contributed by atoms with van der Waals surface area (Å²) in [7, 11) is 1.41. The van der Waals surface area contributed by atoms with Crippen LogP contribution < -0.4 is 5.32 Å². The van der Waals surface area contributed by atoms with Crippen molar-refractivity contribution in [2.24, 2.45) is 11.8 Å². The SMILES string of the molecule is COC(=O)[C@H]1CCN(C(=O)NCCn2cccc2)C[C@@H]1C. The lowest BCUT2D eigenvalue weighted by atomic mass is 9.87. The van der Waals surface area contributed by atoms with E-state index in [0.717, 1.165) is 6.54 Å². The Morgan fingerprint density at radius 3 is 2.67 bits per heavy atom. The fourth-order valence-electron chi connectivity index (χ4n) is 2.75. The van der Waals surface area contributed by atoms with Gasteiger partial charge in [0.1, 0.15) is 0 Å². The predicted octanol–water partition coefficient (Wildman–Crippen LogP) is 1.33. The van der Waals surface area contributed by atoms with Gasteiger partial charge in [-0.1, -0.05) is 6.92 Å². The Balaban J connectivity index is 1.75. The minimum absolute atomic E-state index is 0.0580. The summed E-state index contributed by atoms with van der Waals surface area (Å²) in [5, 5.41) is 2.92. The first-order valence-electron chi connectivity index (χ1n) is 7.33. The van der Waals surface area contributed by atoms with Gasteiger partial charge in [0.2, 0.25) is 0 Å². The molecule has 0 unspecified atom stereocenters. The van der Waals surface area contributed by atoms with Crippen LogP contribution in [0.3, 0.4) is 0 Å². The Morgan fingerprint density at radius 1 is 1.33 bits per heavy atom. The highest BCUT2D eigenvalue weighted by molar-refractivity contribution is 5.76. The molecule has 2 atom stereocenters. The number of rotatable bonds is 4. The van der Waals surface area contributed by atoms with Crippen molar-refractivity contribution in [1.29, 1.82) is 0 Å². The predicted molar refractivity (Wildman–Crippen MR) is 78.7 cm³/mol. The molecule has 6 heteroatoms. The lowest BCUT2D eigenvalue weighted by Crippen LogP contribution is -2.49. The van der Waals surface area contributed by atoms with E-state index in [0.29, 0.717) is 26.1 Å². The van der Waals surface area contributed by atoms with E-state index in [-0.39, 0.29) is 23.8 Å². The van der Waals surface area contributed by atoms with Crippen LogP contribution >= 0.6 is 0 Å². The standard InChI is InChI=1S/C15H23N3O3/c1-12-11-18(9-5-13(12)14(19)21-2)15(20)16-6-10-17-7-3-4-8-17/h3-4,7-8,12-13H,5-6,9-11H2,1-2H3,(H,16,20)/t12-,13-/m0/s1. The number of carbonyl (C=O) groups is 2. The molecule has 0 aromatic carbocycles. The van der Waals surface area contributed by atoms with Crippen LogP contribution in [-0.4, -0.2) is 48.2 Å². The third-order valence-electron chi connectivity index (χ3n) is 4.01. The van der Waals surface area contributed by atoms with Crippen LogP contribution in [0.1, 0.15) is 13.3 Å². The number of carbonyl (C=O) groups excluding carboxylic acids is 2. The number of amides is 2. The summed E-state index contributed by atoms with van der Waals surface area (Å²) in [6, 6.07) is 3.86. The smallest absolute Gasteiger partial charge is 0.317 e. The van der Waals surface area contributed by atoms with E-state index >= 15 is 0 Å². The number of piperidine rings is 1. The first kappa shape index (κ1) is 15.4. The monoisotopic (exact) mass is 293 g/mol. The molecule has 6 nitrogen and oxygen atoms in total. The quantitative estimate of drug-likeness (QED) is 0.852. The number of nitrogens with one attached hydrogen (secondary N) is 1. The van der Waals surface area contributed by atoms with Crippen molar-refractivity contribution in [3.8, 4) is 0 Å². The molecule has 0 radical (unpaired) electrons. The van der Waals surface area contributed by atoms with Crippen molar-refractivity contribution in [2.75, 3.05) is 26.7 Å². The van der Waals surface area contributed by atoms with E-state index in [1.165, 1.54) is 7.11 Å². The second-order valence-corrected chi connectivity index (χ2v) is 5.49. The van der Waals surface area contributed by atoms with Gasteiger partial charge in [-0.25, -0.2) is 4.79 Å². The summed E-state index contributed by atoms with van der Waals surface area (Å²) in [5.74, 6) is -0.143. The van der Waals surface area contributed by atoms with Crippen molar-refractivity contribution in [1.82, 2.24) is 14.8 Å². The lowest BCUT2D eigenvalue weighted by molar-refractivity contribution is -0.148. The number of hydrogen-bond acceptors (Lipinski definition) is 3. The summed E-state index contributed by atoms with van der Waals surface area (Å²) in [5.41, 5.74) is 0. The topological polar surface area (TPSA) is 63.6 Å². The van der Waals surface area contributed by atoms with Crippen molar-refractivity contribution in [3.63, 3.8) is 0 Å². The van der Waals surface area contributed by atoms with Gasteiger partial charge < -0.3 is 19.5 Å². The Morgan fingerprint density at radius 2 is 2.05 bits per heavy atom. The van der Waals surface area contributed by atoms with Gasteiger partial charge in [0.05, 0.1) is 13.0 Å². The molecule has 116 valence electrons. The van der Waals surface area contributed by atoms with Gasteiger partial charge in [-0.15, -0.1) is 0 Å². The van der Waals surface area contributed by atoms with Crippen molar-refractivity contribution in [2.45, 2.75) is 19.9 Å². The zero-order chi connectivity index (χ0) is 15.2. The molecule has 0 bridgehead atoms. The number of methoxy groups -OCH3 is 1. The van der Waals surface area contributed by atoms with Crippen LogP contribution in [-0.2, 0) is 16.1 Å². The Bertz CT molecular complexity index is 473. The molecule has 1 aromatic rings. The lowest BCUT2D eigenvalue weighted by Gasteiger charge is -2.35. The molecule has 0 saturated carbocycles. The van der Waals surface area contributed by atoms with Crippen LogP contribution in [0.2, 0.25) is 0 Å². The highest BCUT2D eigenvalue weighted by atomic mass is 16.5. The maximum Gasteiger partial charge on any atom is 0.317 e. The van der Waals surface area contributed by atoms with Gasteiger partial charge in [0.15, 0.2) is 0 Å². The number of urea groups is 1. The second-order valence-electron chi connectivity index (χ2n) is 5.49. The summed E-state index contributed by atoms with van der Waals surface area (Å²) in [4.78, 5) is 25.5. The molecule has 1 aliphatic rings. The number of hydrogen-bond donors (Lipinski definition) is 1. The van der Waals surface area contributed by atoms with Gasteiger partial charge in [-0.05, 0) is 24.5 Å². The average molecular weight is 293 g/mol.